The van der Waals surface area contributed by atoms with Gasteiger partial charge in [0.05, 0.1) is 37.6 Å². The summed E-state index contributed by atoms with van der Waals surface area (Å²) in [7, 11) is 0. The molecule has 12 unspecified atom stereocenters. The Morgan fingerprint density at radius 1 is 0.356 bits per heavy atom. The summed E-state index contributed by atoms with van der Waals surface area (Å²) in [6.07, 6.45) is 16.2. The fourth-order valence-corrected chi connectivity index (χ4v) is 6.97. The molecular weight excluding hydrogens is 784 g/mol. The van der Waals surface area contributed by atoms with Gasteiger partial charge in [-0.15, -0.1) is 0 Å². The molecular formula is C48H104O10Ti. The Hall–Kier alpha value is 0.314. The summed E-state index contributed by atoms with van der Waals surface area (Å²) >= 11 is 0. The maximum Gasteiger partial charge on any atom is 0.159 e. The number of unbranched alkanes of at least 4 members (excludes halogenated alkanes) is 2. The van der Waals surface area contributed by atoms with Crippen molar-refractivity contribution in [2.75, 3.05) is 26.4 Å². The smallest absolute Gasteiger partial charge is 0.159 e. The van der Waals surface area contributed by atoms with Gasteiger partial charge in [0.25, 0.3) is 0 Å². The monoisotopic (exact) mass is 889 g/mol. The van der Waals surface area contributed by atoms with Crippen LogP contribution in [0.15, 0.2) is 0 Å². The molecule has 0 aromatic carbocycles. The van der Waals surface area contributed by atoms with Crippen molar-refractivity contribution in [1.82, 2.24) is 0 Å². The van der Waals surface area contributed by atoms with E-state index < -0.39 is 24.8 Å². The van der Waals surface area contributed by atoms with E-state index in [0.717, 1.165) is 103 Å². The van der Waals surface area contributed by atoms with Gasteiger partial charge in [0, 0.05) is 58.6 Å². The minimum Gasteiger partial charge on any atom is -0.396 e. The molecule has 0 heterocycles. The summed E-state index contributed by atoms with van der Waals surface area (Å²) in [5.41, 5.74) is 0. The van der Waals surface area contributed by atoms with E-state index >= 15 is 0 Å². The normalized spacial score (nSPS) is 17.3. The van der Waals surface area contributed by atoms with E-state index in [9.17, 15) is 30.6 Å². The topological polar surface area (TPSA) is 180 Å². The maximum absolute atomic E-state index is 10.1. The number of aliphatic hydroxyl groups excluding tert-OH is 8. The van der Waals surface area contributed by atoms with E-state index in [2.05, 4.69) is 27.7 Å². The van der Waals surface area contributed by atoms with Crippen LogP contribution in [0.25, 0.3) is 0 Å². The van der Waals surface area contributed by atoms with Crippen LogP contribution in [-0.4, -0.2) is 104 Å². The van der Waals surface area contributed by atoms with Crippen molar-refractivity contribution >= 4 is 0 Å². The van der Waals surface area contributed by atoms with Gasteiger partial charge in [-0.1, -0.05) is 147 Å². The van der Waals surface area contributed by atoms with Gasteiger partial charge in [0.1, 0.15) is 0 Å². The number of aliphatic hydroxyl groups is 8. The van der Waals surface area contributed by atoms with Crippen molar-refractivity contribution in [3.05, 3.63) is 0 Å². The predicted molar refractivity (Wildman–Crippen MR) is 243 cm³/mol. The first-order chi connectivity index (χ1) is 27.7. The second kappa shape index (κ2) is 49.3. The summed E-state index contributed by atoms with van der Waals surface area (Å²) < 4.78 is 11.2. The molecule has 0 bridgehead atoms. The third kappa shape index (κ3) is 37.4. The summed E-state index contributed by atoms with van der Waals surface area (Å²) in [6, 6.07) is 0. The molecule has 0 aliphatic heterocycles. The molecule has 11 heteroatoms. The summed E-state index contributed by atoms with van der Waals surface area (Å²) in [5, 5.41) is 76.4. The van der Waals surface area contributed by atoms with E-state index in [1.165, 1.54) is 25.7 Å². The van der Waals surface area contributed by atoms with Gasteiger partial charge < -0.3 is 50.3 Å². The van der Waals surface area contributed by atoms with Gasteiger partial charge in [0.2, 0.25) is 0 Å². The molecule has 0 aliphatic carbocycles. The van der Waals surface area contributed by atoms with Crippen LogP contribution in [0.4, 0.5) is 0 Å². The largest absolute Gasteiger partial charge is 0.396 e. The molecule has 0 rings (SSSR count). The van der Waals surface area contributed by atoms with Crippen molar-refractivity contribution in [3.8, 4) is 0 Å². The second-order valence-electron chi connectivity index (χ2n) is 16.6. The molecule has 8 N–H and O–H groups in total. The Kier molecular flexibility index (Phi) is 57.2. The minimum absolute atomic E-state index is 0. The van der Waals surface area contributed by atoms with Crippen LogP contribution in [0, 0.1) is 35.5 Å². The molecule has 59 heavy (non-hydrogen) atoms. The first kappa shape index (κ1) is 68.4. The number of hydrogen-bond donors (Lipinski definition) is 8. The Labute approximate surface area is 380 Å². The van der Waals surface area contributed by atoms with Crippen molar-refractivity contribution < 1.29 is 72.0 Å². The Bertz CT molecular complexity index is 714. The summed E-state index contributed by atoms with van der Waals surface area (Å²) in [5.74, 6) is 0.887. The molecule has 12 atom stereocenters. The van der Waals surface area contributed by atoms with Crippen molar-refractivity contribution in [1.29, 1.82) is 0 Å². The zero-order valence-electron chi connectivity index (χ0n) is 40.8. The summed E-state index contributed by atoms with van der Waals surface area (Å²) in [6.45, 7) is 26.2. The molecule has 0 fully saturated rings. The molecule has 0 aromatic heterocycles. The van der Waals surface area contributed by atoms with Crippen LogP contribution >= 0.6 is 0 Å². The first-order valence-electron chi connectivity index (χ1n) is 24.2. The van der Waals surface area contributed by atoms with Crippen LogP contribution in [0.1, 0.15) is 212 Å². The molecule has 0 aliphatic rings. The zero-order chi connectivity index (χ0) is 45.3. The minimum atomic E-state index is -0.831. The third-order valence-corrected chi connectivity index (χ3v) is 11.7. The first-order valence-corrected chi connectivity index (χ1v) is 24.2. The third-order valence-electron chi connectivity index (χ3n) is 11.7. The van der Waals surface area contributed by atoms with Gasteiger partial charge in [-0.25, -0.2) is 0 Å². The van der Waals surface area contributed by atoms with Crippen LogP contribution in [0.2, 0.25) is 0 Å². The maximum atomic E-state index is 10.1. The van der Waals surface area contributed by atoms with E-state index in [1.807, 2.05) is 55.4 Å². The molecule has 360 valence electrons. The van der Waals surface area contributed by atoms with E-state index in [-0.39, 0.29) is 70.8 Å². The fourth-order valence-electron chi connectivity index (χ4n) is 6.97. The average Bonchev–Trinajstić information content (AvgIpc) is 3.20. The predicted octanol–water partition coefficient (Wildman–Crippen LogP) is 9.78. The van der Waals surface area contributed by atoms with Crippen molar-refractivity contribution in [2.24, 2.45) is 35.5 Å². The zero-order valence-corrected chi connectivity index (χ0v) is 42.4. The molecule has 0 aromatic rings. The van der Waals surface area contributed by atoms with Crippen molar-refractivity contribution in [3.63, 3.8) is 0 Å². The fraction of sp³-hybridized carbons (Fsp3) is 1.00. The molecule has 0 radical (unpaired) electrons. The van der Waals surface area contributed by atoms with E-state index in [4.69, 9.17) is 19.7 Å². The molecule has 0 saturated carbocycles. The second-order valence-corrected chi connectivity index (χ2v) is 16.6. The standard InChI is InChI=1S/2C16H34O3.2C8H18O2.Ti/c2*1-5-9-11-13(7-3)12-19-16(18)14(8-4)15(17)10-6-2;2*1-3-5-8(10)7(4-2)6-9;/h2*13-18H,5-12H2,1-4H3;2*7-10H,3-6H2,1-2H3;. The van der Waals surface area contributed by atoms with Crippen molar-refractivity contribution in [2.45, 2.75) is 248 Å². The molecule has 10 nitrogen and oxygen atoms in total. The number of ether oxygens (including phenoxy) is 2. The van der Waals surface area contributed by atoms with E-state index in [1.54, 1.807) is 0 Å². The Morgan fingerprint density at radius 3 is 0.847 bits per heavy atom. The van der Waals surface area contributed by atoms with Gasteiger partial charge >= 0.3 is 0 Å². The van der Waals surface area contributed by atoms with Crippen LogP contribution < -0.4 is 0 Å². The van der Waals surface area contributed by atoms with Crippen LogP contribution in [-0.2, 0) is 31.2 Å². The van der Waals surface area contributed by atoms with Gasteiger partial charge in [-0.05, 0) is 76.0 Å². The average molecular weight is 889 g/mol. The van der Waals surface area contributed by atoms with Gasteiger partial charge in [0.15, 0.2) is 12.6 Å². The quantitative estimate of drug-likeness (QED) is 0.0229. The Balaban J connectivity index is -0.000000228. The number of rotatable bonds is 34. The van der Waals surface area contributed by atoms with Gasteiger partial charge in [-0.3, -0.25) is 0 Å². The SMILES string of the molecule is CCCC(O)C(CC)CO.CCCC(O)C(CC)CO.CCCCC(CC)COC(O)C(CC)C(O)CCC.CCCCC(CC)COC(O)C(CC)C(O)CCC.[Ti]. The Morgan fingerprint density at radius 2 is 0.644 bits per heavy atom. The summed E-state index contributed by atoms with van der Waals surface area (Å²) in [4.78, 5) is 0. The number of hydrogen-bond acceptors (Lipinski definition) is 10. The molecule has 0 saturated heterocycles. The molecule has 0 spiro atoms. The van der Waals surface area contributed by atoms with Gasteiger partial charge in [-0.2, -0.15) is 0 Å². The van der Waals surface area contributed by atoms with E-state index in [0.29, 0.717) is 25.0 Å². The van der Waals surface area contributed by atoms with Crippen LogP contribution in [0.3, 0.4) is 0 Å². The molecule has 0 amide bonds. The van der Waals surface area contributed by atoms with Crippen LogP contribution in [0.5, 0.6) is 0 Å².